The maximum absolute atomic E-state index is 12.6. The molecule has 0 saturated heterocycles. The lowest BCUT2D eigenvalue weighted by atomic mass is 10.1. The van der Waals surface area contributed by atoms with E-state index in [-0.39, 0.29) is 10.6 Å². The number of sulfonamides is 1. The van der Waals surface area contributed by atoms with Crippen molar-refractivity contribution in [1.29, 1.82) is 0 Å². The molecule has 1 unspecified atom stereocenters. The molecule has 0 radical (unpaired) electrons. The van der Waals surface area contributed by atoms with Crippen LogP contribution in [0, 0.1) is 0 Å². The second-order valence-electron chi connectivity index (χ2n) is 5.30. The molecule has 2 aromatic rings. The van der Waals surface area contributed by atoms with Gasteiger partial charge in [0.2, 0.25) is 13.8 Å². The number of aliphatic carboxylic acids is 1. The van der Waals surface area contributed by atoms with Gasteiger partial charge in [0.25, 0.3) is 0 Å². The van der Waals surface area contributed by atoms with Crippen molar-refractivity contribution in [3.8, 4) is 0 Å². The van der Waals surface area contributed by atoms with E-state index in [9.17, 15) is 13.2 Å². The standard InChI is InChI=1S/C16H13Cl4NO4S2/c17-11-3-7-13(8-4-11)27(24,25)21-15(16(18,19)20)10-1-5-12(6-2-10)26-9-14(22)23/h1-8,15,21H,9H2,(H,22,23). The summed E-state index contributed by atoms with van der Waals surface area (Å²) >= 11 is 24.9. The molecule has 0 aromatic heterocycles. The lowest BCUT2D eigenvalue weighted by Crippen LogP contribution is -2.36. The molecule has 0 spiro atoms. The number of nitrogens with one attached hydrogen (secondary N) is 1. The van der Waals surface area contributed by atoms with Crippen LogP contribution in [0.2, 0.25) is 5.02 Å². The smallest absolute Gasteiger partial charge is 0.313 e. The number of hydrogen-bond donors (Lipinski definition) is 2. The van der Waals surface area contributed by atoms with Crippen LogP contribution in [0.5, 0.6) is 0 Å². The Kier molecular flexibility index (Phi) is 7.72. The third-order valence-electron chi connectivity index (χ3n) is 3.30. The number of carbonyl (C=O) groups is 1. The van der Waals surface area contributed by atoms with Crippen LogP contribution in [0.25, 0.3) is 0 Å². The van der Waals surface area contributed by atoms with Crippen molar-refractivity contribution in [1.82, 2.24) is 4.72 Å². The van der Waals surface area contributed by atoms with Gasteiger partial charge in [0.05, 0.1) is 16.7 Å². The zero-order valence-corrected chi connectivity index (χ0v) is 18.1. The monoisotopic (exact) mass is 487 g/mol. The average molecular weight is 489 g/mol. The largest absolute Gasteiger partial charge is 0.481 e. The summed E-state index contributed by atoms with van der Waals surface area (Å²) in [6, 6.07) is 10.8. The van der Waals surface area contributed by atoms with Crippen molar-refractivity contribution in [2.24, 2.45) is 0 Å². The molecule has 2 rings (SSSR count). The van der Waals surface area contributed by atoms with Gasteiger partial charge in [0, 0.05) is 9.92 Å². The van der Waals surface area contributed by atoms with Crippen LogP contribution in [0.3, 0.4) is 0 Å². The molecular weight excluding hydrogens is 476 g/mol. The lowest BCUT2D eigenvalue weighted by molar-refractivity contribution is -0.133. The van der Waals surface area contributed by atoms with E-state index in [1.54, 1.807) is 24.3 Å². The van der Waals surface area contributed by atoms with E-state index in [0.717, 1.165) is 11.8 Å². The van der Waals surface area contributed by atoms with Crippen LogP contribution < -0.4 is 4.72 Å². The van der Waals surface area contributed by atoms with Crippen molar-refractivity contribution in [3.63, 3.8) is 0 Å². The minimum absolute atomic E-state index is 0.0280. The molecule has 0 aliphatic heterocycles. The second-order valence-corrected chi connectivity index (χ2v) is 10.9. The average Bonchev–Trinajstić information content (AvgIpc) is 2.58. The van der Waals surface area contributed by atoms with E-state index in [2.05, 4.69) is 4.72 Å². The first-order valence-electron chi connectivity index (χ1n) is 7.28. The molecule has 0 amide bonds. The molecule has 2 aromatic carbocycles. The Morgan fingerprint density at radius 2 is 1.63 bits per heavy atom. The van der Waals surface area contributed by atoms with Gasteiger partial charge in [-0.25, -0.2) is 8.42 Å². The Balaban J connectivity index is 2.28. The van der Waals surface area contributed by atoms with Gasteiger partial charge in [-0.1, -0.05) is 58.5 Å². The van der Waals surface area contributed by atoms with Crippen LogP contribution in [-0.2, 0) is 14.8 Å². The molecule has 11 heteroatoms. The Morgan fingerprint density at radius 1 is 1.07 bits per heavy atom. The molecule has 1 atom stereocenters. The minimum atomic E-state index is -3.98. The molecule has 0 bridgehead atoms. The lowest BCUT2D eigenvalue weighted by Gasteiger charge is -2.26. The zero-order valence-electron chi connectivity index (χ0n) is 13.4. The van der Waals surface area contributed by atoms with Crippen molar-refractivity contribution in [2.75, 3.05) is 5.75 Å². The highest BCUT2D eigenvalue weighted by Gasteiger charge is 2.37. The molecule has 0 heterocycles. The molecule has 2 N–H and O–H groups in total. The molecule has 146 valence electrons. The zero-order chi connectivity index (χ0) is 20.2. The Morgan fingerprint density at radius 3 is 2.11 bits per heavy atom. The fourth-order valence-corrected chi connectivity index (χ4v) is 4.80. The normalized spacial score (nSPS) is 13.3. The number of alkyl halides is 3. The highest BCUT2D eigenvalue weighted by Crippen LogP contribution is 2.41. The van der Waals surface area contributed by atoms with E-state index >= 15 is 0 Å². The third kappa shape index (κ3) is 6.71. The number of carboxylic acids is 1. The van der Waals surface area contributed by atoms with Crippen molar-refractivity contribution < 1.29 is 18.3 Å². The summed E-state index contributed by atoms with van der Waals surface area (Å²) < 4.78 is 25.7. The Hall–Kier alpha value is -0.670. The van der Waals surface area contributed by atoms with E-state index in [4.69, 9.17) is 51.5 Å². The molecule has 0 fully saturated rings. The molecule has 0 aliphatic rings. The van der Waals surface area contributed by atoms with Gasteiger partial charge in [-0.2, -0.15) is 4.72 Å². The third-order valence-corrected chi connectivity index (χ3v) is 6.64. The summed E-state index contributed by atoms with van der Waals surface area (Å²) in [4.78, 5) is 11.3. The van der Waals surface area contributed by atoms with Crippen molar-refractivity contribution in [2.45, 2.75) is 19.6 Å². The van der Waals surface area contributed by atoms with E-state index in [0.29, 0.717) is 15.5 Å². The predicted molar refractivity (Wildman–Crippen MR) is 110 cm³/mol. The summed E-state index contributed by atoms with van der Waals surface area (Å²) in [6.07, 6.45) is 0. The topological polar surface area (TPSA) is 83.5 Å². The van der Waals surface area contributed by atoms with Crippen LogP contribution in [0.4, 0.5) is 0 Å². The van der Waals surface area contributed by atoms with E-state index in [1.807, 2.05) is 0 Å². The number of carboxylic acid groups (broad SMARTS) is 1. The van der Waals surface area contributed by atoms with Gasteiger partial charge in [0.15, 0.2) is 0 Å². The molecule has 27 heavy (non-hydrogen) atoms. The van der Waals surface area contributed by atoms with Crippen LogP contribution >= 0.6 is 58.2 Å². The molecule has 0 saturated carbocycles. The van der Waals surface area contributed by atoms with Gasteiger partial charge in [-0.05, 0) is 42.0 Å². The number of thioether (sulfide) groups is 1. The number of halogens is 4. The second kappa shape index (κ2) is 9.22. The summed E-state index contributed by atoms with van der Waals surface area (Å²) in [5, 5.41) is 9.11. The highest BCUT2D eigenvalue weighted by atomic mass is 35.6. The molecular formula is C16H13Cl4NO4S2. The molecule has 5 nitrogen and oxygen atoms in total. The Bertz CT molecular complexity index is 898. The quantitative estimate of drug-likeness (QED) is 0.427. The van der Waals surface area contributed by atoms with Gasteiger partial charge in [-0.15, -0.1) is 11.8 Å². The maximum Gasteiger partial charge on any atom is 0.313 e. The highest BCUT2D eigenvalue weighted by molar-refractivity contribution is 8.00. The van der Waals surface area contributed by atoms with Gasteiger partial charge in [0.1, 0.15) is 0 Å². The predicted octanol–water partition coefficient (Wildman–Crippen LogP) is 4.91. The first-order chi connectivity index (χ1) is 12.5. The van der Waals surface area contributed by atoms with Crippen LogP contribution in [0.15, 0.2) is 58.3 Å². The first kappa shape index (κ1) is 22.6. The summed E-state index contributed by atoms with van der Waals surface area (Å²) in [5.41, 5.74) is 0.409. The van der Waals surface area contributed by atoms with Crippen molar-refractivity contribution >= 4 is 74.2 Å². The summed E-state index contributed by atoms with van der Waals surface area (Å²) in [6.45, 7) is 0. The fraction of sp³-hybridized carbons (Fsp3) is 0.188. The first-order valence-corrected chi connectivity index (χ1v) is 11.3. The maximum atomic E-state index is 12.6. The SMILES string of the molecule is O=C(O)CSc1ccc(C(NS(=O)(=O)c2ccc(Cl)cc2)C(Cl)(Cl)Cl)cc1. The van der Waals surface area contributed by atoms with Gasteiger partial charge >= 0.3 is 5.97 Å². The van der Waals surface area contributed by atoms with E-state index in [1.165, 1.54) is 24.3 Å². The van der Waals surface area contributed by atoms with Gasteiger partial charge < -0.3 is 5.11 Å². The van der Waals surface area contributed by atoms with Gasteiger partial charge in [-0.3, -0.25) is 4.79 Å². The number of benzene rings is 2. The van der Waals surface area contributed by atoms with Crippen molar-refractivity contribution in [3.05, 3.63) is 59.1 Å². The van der Waals surface area contributed by atoms with E-state index < -0.39 is 25.8 Å². The molecule has 0 aliphatic carbocycles. The van der Waals surface area contributed by atoms with Crippen LogP contribution in [-0.4, -0.2) is 29.0 Å². The summed E-state index contributed by atoms with van der Waals surface area (Å²) in [7, 11) is -3.98. The fourth-order valence-electron chi connectivity index (χ4n) is 2.06. The number of hydrogen-bond acceptors (Lipinski definition) is 4. The number of rotatable bonds is 7. The minimum Gasteiger partial charge on any atom is -0.481 e. The van der Waals surface area contributed by atoms with Crippen LogP contribution in [0.1, 0.15) is 11.6 Å². The summed E-state index contributed by atoms with van der Waals surface area (Å²) in [5.74, 6) is -1.05. The Labute approximate surface area is 181 Å².